The van der Waals surface area contributed by atoms with Gasteiger partial charge in [-0.05, 0) is 52.9 Å². The minimum atomic E-state index is 0.781. The third-order valence-corrected chi connectivity index (χ3v) is 5.43. The zero-order valence-electron chi connectivity index (χ0n) is 9.58. The van der Waals surface area contributed by atoms with Crippen molar-refractivity contribution in [3.8, 4) is 0 Å². The van der Waals surface area contributed by atoms with E-state index in [0.717, 1.165) is 21.3 Å². The first-order chi connectivity index (χ1) is 7.65. The highest BCUT2D eigenvalue weighted by Gasteiger charge is 2.20. The molecule has 1 saturated carbocycles. The van der Waals surface area contributed by atoms with E-state index in [4.69, 9.17) is 5.73 Å². The number of thioether (sulfide) groups is 1. The van der Waals surface area contributed by atoms with Crippen LogP contribution in [0.25, 0.3) is 0 Å². The highest BCUT2D eigenvalue weighted by atomic mass is 79.9. The summed E-state index contributed by atoms with van der Waals surface area (Å²) in [4.78, 5) is 1.33. The van der Waals surface area contributed by atoms with E-state index < -0.39 is 0 Å². The third kappa shape index (κ3) is 3.17. The maximum atomic E-state index is 5.74. The van der Waals surface area contributed by atoms with Crippen LogP contribution in [0.4, 0.5) is 5.69 Å². The van der Waals surface area contributed by atoms with Crippen LogP contribution < -0.4 is 5.73 Å². The fraction of sp³-hybridized carbons (Fsp3) is 0.538. The van der Waals surface area contributed by atoms with Gasteiger partial charge in [0.05, 0.1) is 0 Å². The molecule has 0 spiro atoms. The Bertz CT molecular complexity index is 367. The smallest absolute Gasteiger partial charge is 0.0331 e. The second-order valence-electron chi connectivity index (χ2n) is 4.70. The van der Waals surface area contributed by atoms with Crippen molar-refractivity contribution in [2.75, 3.05) is 5.73 Å². The number of nitrogen functional groups attached to an aromatic ring is 1. The summed E-state index contributed by atoms with van der Waals surface area (Å²) in [6.07, 6.45) is 5.48. The molecule has 3 heteroatoms. The Hall–Kier alpha value is -0.150. The summed E-state index contributed by atoms with van der Waals surface area (Å²) in [6, 6.07) is 6.11. The molecule has 88 valence electrons. The molecule has 2 rings (SSSR count). The third-order valence-electron chi connectivity index (χ3n) is 3.14. The number of hydrogen-bond donors (Lipinski definition) is 1. The molecule has 2 N–H and O–H groups in total. The quantitative estimate of drug-likeness (QED) is 0.801. The van der Waals surface area contributed by atoms with Gasteiger partial charge >= 0.3 is 0 Å². The van der Waals surface area contributed by atoms with Crippen molar-refractivity contribution in [1.82, 2.24) is 0 Å². The van der Waals surface area contributed by atoms with E-state index in [1.165, 1.54) is 30.6 Å². The zero-order chi connectivity index (χ0) is 11.5. The van der Waals surface area contributed by atoms with Crippen LogP contribution in [0.2, 0.25) is 0 Å². The van der Waals surface area contributed by atoms with Crippen molar-refractivity contribution < 1.29 is 0 Å². The lowest BCUT2D eigenvalue weighted by molar-refractivity contribution is 0.394. The van der Waals surface area contributed by atoms with Gasteiger partial charge in [0, 0.05) is 20.3 Å². The maximum absolute atomic E-state index is 5.74. The van der Waals surface area contributed by atoms with E-state index in [0.29, 0.717) is 0 Å². The van der Waals surface area contributed by atoms with Crippen molar-refractivity contribution in [3.05, 3.63) is 22.7 Å². The Morgan fingerprint density at radius 2 is 2.19 bits per heavy atom. The SMILES string of the molecule is CC1CCCC(Sc2ccc(N)cc2Br)C1. The van der Waals surface area contributed by atoms with Gasteiger partial charge in [-0.15, -0.1) is 11.8 Å². The lowest BCUT2D eigenvalue weighted by Gasteiger charge is -2.26. The molecular weight excluding hydrogens is 282 g/mol. The first-order valence-electron chi connectivity index (χ1n) is 5.87. The van der Waals surface area contributed by atoms with Gasteiger partial charge in [0.25, 0.3) is 0 Å². The molecule has 0 aromatic heterocycles. The summed E-state index contributed by atoms with van der Waals surface area (Å²) in [5, 5.41) is 0.781. The van der Waals surface area contributed by atoms with Gasteiger partial charge in [0.15, 0.2) is 0 Å². The van der Waals surface area contributed by atoms with Crippen LogP contribution in [0.15, 0.2) is 27.6 Å². The Morgan fingerprint density at radius 3 is 2.88 bits per heavy atom. The Labute approximate surface area is 110 Å². The molecule has 0 bridgehead atoms. The lowest BCUT2D eigenvalue weighted by Crippen LogP contribution is -2.14. The number of nitrogens with two attached hydrogens (primary N) is 1. The second-order valence-corrected chi connectivity index (χ2v) is 6.90. The standard InChI is InChI=1S/C13H18BrNS/c1-9-3-2-4-11(7-9)16-13-6-5-10(15)8-12(13)14/h5-6,8-9,11H,2-4,7,15H2,1H3. The minimum absolute atomic E-state index is 0.781. The van der Waals surface area contributed by atoms with Crippen LogP contribution in [-0.2, 0) is 0 Å². The first-order valence-corrected chi connectivity index (χ1v) is 7.54. The molecule has 0 saturated heterocycles. The van der Waals surface area contributed by atoms with Crippen LogP contribution >= 0.6 is 27.7 Å². The van der Waals surface area contributed by atoms with Crippen molar-refractivity contribution in [3.63, 3.8) is 0 Å². The van der Waals surface area contributed by atoms with Gasteiger partial charge in [0.1, 0.15) is 0 Å². The molecule has 1 aliphatic carbocycles. The molecule has 2 atom stereocenters. The molecule has 1 fully saturated rings. The molecule has 1 nitrogen and oxygen atoms in total. The Morgan fingerprint density at radius 1 is 1.38 bits per heavy atom. The van der Waals surface area contributed by atoms with Gasteiger partial charge in [-0.1, -0.05) is 19.8 Å². The van der Waals surface area contributed by atoms with E-state index in [1.54, 1.807) is 0 Å². The van der Waals surface area contributed by atoms with E-state index in [9.17, 15) is 0 Å². The van der Waals surface area contributed by atoms with Crippen molar-refractivity contribution in [1.29, 1.82) is 0 Å². The summed E-state index contributed by atoms with van der Waals surface area (Å²) >= 11 is 5.59. The van der Waals surface area contributed by atoms with Crippen molar-refractivity contribution in [2.24, 2.45) is 5.92 Å². The summed E-state index contributed by atoms with van der Waals surface area (Å²) in [5.41, 5.74) is 6.57. The Kier molecular flexibility index (Phi) is 4.20. The van der Waals surface area contributed by atoms with E-state index in [2.05, 4.69) is 28.9 Å². The molecule has 0 heterocycles. The molecule has 0 radical (unpaired) electrons. The zero-order valence-corrected chi connectivity index (χ0v) is 12.0. The molecule has 1 aromatic rings. The van der Waals surface area contributed by atoms with Crippen LogP contribution in [0, 0.1) is 5.92 Å². The monoisotopic (exact) mass is 299 g/mol. The number of halogens is 1. The molecule has 0 amide bonds. The molecule has 1 aliphatic rings. The van der Waals surface area contributed by atoms with Gasteiger partial charge < -0.3 is 5.73 Å². The average molecular weight is 300 g/mol. The summed E-state index contributed by atoms with van der Waals surface area (Å²) in [6.45, 7) is 2.37. The van der Waals surface area contributed by atoms with E-state index in [-0.39, 0.29) is 0 Å². The largest absolute Gasteiger partial charge is 0.399 e. The number of hydrogen-bond acceptors (Lipinski definition) is 2. The topological polar surface area (TPSA) is 26.0 Å². The highest BCUT2D eigenvalue weighted by Crippen LogP contribution is 2.39. The highest BCUT2D eigenvalue weighted by molar-refractivity contribution is 9.10. The van der Waals surface area contributed by atoms with Crippen LogP contribution in [0.3, 0.4) is 0 Å². The number of anilines is 1. The molecule has 16 heavy (non-hydrogen) atoms. The number of rotatable bonds is 2. The molecule has 2 unspecified atom stereocenters. The van der Waals surface area contributed by atoms with Crippen molar-refractivity contribution in [2.45, 2.75) is 42.8 Å². The van der Waals surface area contributed by atoms with Crippen molar-refractivity contribution >= 4 is 33.4 Å². The van der Waals surface area contributed by atoms with Crippen LogP contribution in [0.1, 0.15) is 32.6 Å². The number of benzene rings is 1. The fourth-order valence-corrected chi connectivity index (χ4v) is 4.34. The van der Waals surface area contributed by atoms with Gasteiger partial charge in [-0.3, -0.25) is 0 Å². The minimum Gasteiger partial charge on any atom is -0.399 e. The average Bonchev–Trinajstić information content (AvgIpc) is 2.22. The molecular formula is C13H18BrNS. The van der Waals surface area contributed by atoms with Crippen LogP contribution in [-0.4, -0.2) is 5.25 Å². The fourth-order valence-electron chi connectivity index (χ4n) is 2.28. The summed E-state index contributed by atoms with van der Waals surface area (Å²) in [7, 11) is 0. The lowest BCUT2D eigenvalue weighted by atomic mass is 9.91. The predicted octanol–water partition coefficient (Wildman–Crippen LogP) is 4.70. The Balaban J connectivity index is 2.02. The summed E-state index contributed by atoms with van der Waals surface area (Å²) < 4.78 is 1.13. The van der Waals surface area contributed by atoms with Gasteiger partial charge in [-0.25, -0.2) is 0 Å². The maximum Gasteiger partial charge on any atom is 0.0331 e. The van der Waals surface area contributed by atoms with E-state index in [1.807, 2.05) is 23.9 Å². The summed E-state index contributed by atoms with van der Waals surface area (Å²) in [5.74, 6) is 0.888. The van der Waals surface area contributed by atoms with Crippen LogP contribution in [0.5, 0.6) is 0 Å². The second kappa shape index (κ2) is 5.46. The molecule has 0 aliphatic heterocycles. The van der Waals surface area contributed by atoms with E-state index >= 15 is 0 Å². The predicted molar refractivity (Wildman–Crippen MR) is 75.8 cm³/mol. The van der Waals surface area contributed by atoms with Gasteiger partial charge in [-0.2, -0.15) is 0 Å². The normalized spacial score (nSPS) is 25.6. The first kappa shape index (κ1) is 12.3. The van der Waals surface area contributed by atoms with Gasteiger partial charge in [0.2, 0.25) is 0 Å². The molecule has 1 aromatic carbocycles.